The fourth-order valence-corrected chi connectivity index (χ4v) is 1.97. The number of halogens is 1. The highest BCUT2D eigenvalue weighted by Gasteiger charge is 2.28. The highest BCUT2D eigenvalue weighted by Crippen LogP contribution is 2.42. The number of carboxylic acid groups (broad SMARTS) is 1. The van der Waals surface area contributed by atoms with Crippen LogP contribution in [0.3, 0.4) is 0 Å². The number of nitrogens with zero attached hydrogens (tertiary/aromatic N) is 1. The third kappa shape index (κ3) is 1.59. The molecule has 14 heavy (non-hydrogen) atoms. The van der Waals surface area contributed by atoms with Crippen molar-refractivity contribution in [2.75, 3.05) is 5.73 Å². The quantitative estimate of drug-likeness (QED) is 0.849. The maximum atomic E-state index is 10.7. The minimum absolute atomic E-state index is 0.0567. The number of pyridine rings is 1. The number of rotatable bonds is 2. The normalized spacial score (nSPS) is 15.5. The van der Waals surface area contributed by atoms with Crippen molar-refractivity contribution >= 4 is 27.7 Å². The Hall–Kier alpha value is -1.10. The van der Waals surface area contributed by atoms with Crippen molar-refractivity contribution < 1.29 is 9.90 Å². The molecule has 1 aliphatic carbocycles. The van der Waals surface area contributed by atoms with Gasteiger partial charge in [-0.1, -0.05) is 0 Å². The second kappa shape index (κ2) is 3.24. The van der Waals surface area contributed by atoms with Crippen molar-refractivity contribution in [3.05, 3.63) is 21.8 Å². The Balaban J connectivity index is 2.48. The molecule has 0 radical (unpaired) electrons. The van der Waals surface area contributed by atoms with Gasteiger partial charge in [0, 0.05) is 10.4 Å². The van der Waals surface area contributed by atoms with E-state index in [9.17, 15) is 4.79 Å². The van der Waals surface area contributed by atoms with E-state index in [1.165, 1.54) is 6.07 Å². The van der Waals surface area contributed by atoms with Gasteiger partial charge in [0.25, 0.3) is 0 Å². The van der Waals surface area contributed by atoms with Crippen LogP contribution in [-0.2, 0) is 0 Å². The third-order valence-electron chi connectivity index (χ3n) is 2.23. The van der Waals surface area contributed by atoms with Gasteiger partial charge in [-0.05, 0) is 34.8 Å². The Bertz CT molecular complexity index is 402. The smallest absolute Gasteiger partial charge is 0.339 e. The number of hydrogen-bond donors (Lipinski definition) is 2. The molecule has 74 valence electrons. The summed E-state index contributed by atoms with van der Waals surface area (Å²) in [6.45, 7) is 0. The average Bonchev–Trinajstić information content (AvgIpc) is 2.91. The van der Waals surface area contributed by atoms with E-state index in [1.54, 1.807) is 0 Å². The molecule has 1 saturated carbocycles. The summed E-state index contributed by atoms with van der Waals surface area (Å²) < 4.78 is 0.742. The lowest BCUT2D eigenvalue weighted by molar-refractivity contribution is 0.0697. The molecule has 1 fully saturated rings. The lowest BCUT2D eigenvalue weighted by atomic mass is 10.2. The predicted molar refractivity (Wildman–Crippen MR) is 55.3 cm³/mol. The standard InChI is InChI=1S/C9H9BrN2O2/c10-6-3-5(9(13)14)8(11)12-7(6)4-1-2-4/h3-4H,1-2H2,(H2,11,12)(H,13,14). The van der Waals surface area contributed by atoms with E-state index in [2.05, 4.69) is 20.9 Å². The molecule has 0 spiro atoms. The highest BCUT2D eigenvalue weighted by atomic mass is 79.9. The Morgan fingerprint density at radius 3 is 2.79 bits per heavy atom. The van der Waals surface area contributed by atoms with E-state index in [1.807, 2.05) is 0 Å². The number of aromatic nitrogens is 1. The molecule has 5 heteroatoms. The predicted octanol–water partition coefficient (Wildman–Crippen LogP) is 2.00. The highest BCUT2D eigenvalue weighted by molar-refractivity contribution is 9.10. The lowest BCUT2D eigenvalue weighted by Crippen LogP contribution is -2.06. The van der Waals surface area contributed by atoms with Crippen molar-refractivity contribution in [1.29, 1.82) is 0 Å². The third-order valence-corrected chi connectivity index (χ3v) is 2.86. The summed E-state index contributed by atoms with van der Waals surface area (Å²) in [6, 6.07) is 1.53. The molecule has 1 heterocycles. The minimum Gasteiger partial charge on any atom is -0.478 e. The van der Waals surface area contributed by atoms with E-state index in [-0.39, 0.29) is 11.4 Å². The van der Waals surface area contributed by atoms with E-state index in [0.717, 1.165) is 23.0 Å². The number of hydrogen-bond acceptors (Lipinski definition) is 3. The SMILES string of the molecule is Nc1nc(C2CC2)c(Br)cc1C(=O)O. The van der Waals surface area contributed by atoms with Crippen molar-refractivity contribution in [1.82, 2.24) is 4.98 Å². The summed E-state index contributed by atoms with van der Waals surface area (Å²) in [5.74, 6) is -0.491. The molecule has 0 aliphatic heterocycles. The maximum Gasteiger partial charge on any atom is 0.339 e. The van der Waals surface area contributed by atoms with Crippen LogP contribution in [0, 0.1) is 0 Å². The Morgan fingerprint density at radius 1 is 1.64 bits per heavy atom. The molecule has 0 unspecified atom stereocenters. The summed E-state index contributed by atoms with van der Waals surface area (Å²) in [5.41, 5.74) is 6.48. The van der Waals surface area contributed by atoms with Gasteiger partial charge in [0.15, 0.2) is 0 Å². The van der Waals surface area contributed by atoms with Gasteiger partial charge in [-0.15, -0.1) is 0 Å². The van der Waals surface area contributed by atoms with Crippen LogP contribution >= 0.6 is 15.9 Å². The van der Waals surface area contributed by atoms with Crippen LogP contribution in [0.2, 0.25) is 0 Å². The van der Waals surface area contributed by atoms with E-state index < -0.39 is 5.97 Å². The van der Waals surface area contributed by atoms with E-state index in [0.29, 0.717) is 5.92 Å². The lowest BCUT2D eigenvalue weighted by Gasteiger charge is -2.05. The Labute approximate surface area is 89.3 Å². The fraction of sp³-hybridized carbons (Fsp3) is 0.333. The van der Waals surface area contributed by atoms with Crippen LogP contribution in [0.1, 0.15) is 34.8 Å². The molecule has 0 aromatic carbocycles. The molecule has 0 bridgehead atoms. The molecule has 1 aromatic rings. The molecule has 3 N–H and O–H groups in total. The average molecular weight is 257 g/mol. The molecule has 0 atom stereocenters. The zero-order valence-electron chi connectivity index (χ0n) is 7.33. The van der Waals surface area contributed by atoms with Gasteiger partial charge in [0.2, 0.25) is 0 Å². The second-order valence-electron chi connectivity index (χ2n) is 3.37. The molecule has 1 aromatic heterocycles. The van der Waals surface area contributed by atoms with Crippen molar-refractivity contribution in [3.8, 4) is 0 Å². The van der Waals surface area contributed by atoms with E-state index in [4.69, 9.17) is 10.8 Å². The summed E-state index contributed by atoms with van der Waals surface area (Å²) in [7, 11) is 0. The van der Waals surface area contributed by atoms with Crippen molar-refractivity contribution in [2.45, 2.75) is 18.8 Å². The first kappa shape index (κ1) is 9.45. The Kier molecular flexibility index (Phi) is 2.19. The van der Waals surface area contributed by atoms with Gasteiger partial charge in [-0.2, -0.15) is 0 Å². The van der Waals surface area contributed by atoms with Gasteiger partial charge in [-0.3, -0.25) is 0 Å². The molecular formula is C9H9BrN2O2. The summed E-state index contributed by atoms with van der Waals surface area (Å²) in [5, 5.41) is 8.79. The molecule has 1 aliphatic rings. The molecule has 2 rings (SSSR count). The number of nitrogens with two attached hydrogens (primary N) is 1. The van der Waals surface area contributed by atoms with Crippen LogP contribution in [0.5, 0.6) is 0 Å². The van der Waals surface area contributed by atoms with Gasteiger partial charge < -0.3 is 10.8 Å². The van der Waals surface area contributed by atoms with Crippen LogP contribution < -0.4 is 5.73 Å². The van der Waals surface area contributed by atoms with E-state index >= 15 is 0 Å². The van der Waals surface area contributed by atoms with Crippen LogP contribution in [0.25, 0.3) is 0 Å². The second-order valence-corrected chi connectivity index (χ2v) is 4.22. The maximum absolute atomic E-state index is 10.7. The first-order chi connectivity index (χ1) is 6.59. The number of aromatic carboxylic acids is 1. The minimum atomic E-state index is -1.04. The number of anilines is 1. The molecular weight excluding hydrogens is 248 g/mol. The van der Waals surface area contributed by atoms with Gasteiger partial charge in [0.1, 0.15) is 11.4 Å². The largest absolute Gasteiger partial charge is 0.478 e. The van der Waals surface area contributed by atoms with Crippen LogP contribution in [0.4, 0.5) is 5.82 Å². The Morgan fingerprint density at radius 2 is 2.29 bits per heavy atom. The number of nitrogen functional groups attached to an aromatic ring is 1. The summed E-state index contributed by atoms with van der Waals surface area (Å²) >= 11 is 3.31. The van der Waals surface area contributed by atoms with Gasteiger partial charge in [0.05, 0.1) is 5.69 Å². The number of carbonyl (C=O) groups is 1. The zero-order chi connectivity index (χ0) is 10.3. The number of carboxylic acids is 1. The summed E-state index contributed by atoms with van der Waals surface area (Å²) in [6.07, 6.45) is 2.22. The zero-order valence-corrected chi connectivity index (χ0v) is 8.91. The topological polar surface area (TPSA) is 76.2 Å². The van der Waals surface area contributed by atoms with Gasteiger partial charge >= 0.3 is 5.97 Å². The first-order valence-electron chi connectivity index (χ1n) is 4.29. The molecule has 4 nitrogen and oxygen atoms in total. The monoisotopic (exact) mass is 256 g/mol. The first-order valence-corrected chi connectivity index (χ1v) is 5.08. The van der Waals surface area contributed by atoms with Crippen molar-refractivity contribution in [3.63, 3.8) is 0 Å². The van der Waals surface area contributed by atoms with Gasteiger partial charge in [-0.25, -0.2) is 9.78 Å². The van der Waals surface area contributed by atoms with Crippen LogP contribution in [0.15, 0.2) is 10.5 Å². The molecule has 0 saturated heterocycles. The van der Waals surface area contributed by atoms with Crippen LogP contribution in [-0.4, -0.2) is 16.1 Å². The molecule has 0 amide bonds. The summed E-state index contributed by atoms with van der Waals surface area (Å²) in [4.78, 5) is 14.8. The van der Waals surface area contributed by atoms with Crippen molar-refractivity contribution in [2.24, 2.45) is 0 Å². The fourth-order valence-electron chi connectivity index (χ4n) is 1.33.